The van der Waals surface area contributed by atoms with Crippen molar-refractivity contribution in [2.45, 2.75) is 37.8 Å². The number of benzene rings is 1. The van der Waals surface area contributed by atoms with Crippen LogP contribution in [-0.2, 0) is 11.2 Å². The van der Waals surface area contributed by atoms with Crippen molar-refractivity contribution in [3.05, 3.63) is 29.6 Å². The van der Waals surface area contributed by atoms with E-state index in [0.717, 1.165) is 31.4 Å². The largest absolute Gasteiger partial charge is 0.494 e. The number of hydrogen-bond acceptors (Lipinski definition) is 3. The van der Waals surface area contributed by atoms with Crippen LogP contribution in [0, 0.1) is 5.82 Å². The standard InChI is InChI=1S/C14H20FNO2/c1-17-13-6-5-10(8-11(13)15)9-12(16)14-4-2-3-7-18-14/h5-6,8,12,14H,2-4,7,9,16H2,1H3. The molecule has 1 fully saturated rings. The number of methoxy groups -OCH3 is 1. The molecule has 2 N–H and O–H groups in total. The van der Waals surface area contributed by atoms with Crippen molar-refractivity contribution in [2.24, 2.45) is 5.73 Å². The van der Waals surface area contributed by atoms with Crippen molar-refractivity contribution < 1.29 is 13.9 Å². The molecule has 2 rings (SSSR count). The average molecular weight is 253 g/mol. The van der Waals surface area contributed by atoms with Crippen molar-refractivity contribution in [1.29, 1.82) is 0 Å². The van der Waals surface area contributed by atoms with Crippen LogP contribution in [0.3, 0.4) is 0 Å². The smallest absolute Gasteiger partial charge is 0.165 e. The Morgan fingerprint density at radius 2 is 2.33 bits per heavy atom. The summed E-state index contributed by atoms with van der Waals surface area (Å²) in [6, 6.07) is 4.91. The van der Waals surface area contributed by atoms with Gasteiger partial charge in [-0.05, 0) is 43.4 Å². The molecular formula is C14H20FNO2. The molecule has 0 amide bonds. The lowest BCUT2D eigenvalue weighted by Gasteiger charge is -2.28. The topological polar surface area (TPSA) is 44.5 Å². The lowest BCUT2D eigenvalue weighted by Crippen LogP contribution is -2.40. The van der Waals surface area contributed by atoms with Gasteiger partial charge in [-0.2, -0.15) is 0 Å². The van der Waals surface area contributed by atoms with E-state index in [0.29, 0.717) is 6.42 Å². The predicted octanol–water partition coefficient (Wildman–Crippen LogP) is 2.27. The fraction of sp³-hybridized carbons (Fsp3) is 0.571. The molecule has 0 saturated carbocycles. The summed E-state index contributed by atoms with van der Waals surface area (Å²) >= 11 is 0. The van der Waals surface area contributed by atoms with Crippen molar-refractivity contribution in [3.63, 3.8) is 0 Å². The number of nitrogens with two attached hydrogens (primary N) is 1. The molecule has 0 aliphatic carbocycles. The summed E-state index contributed by atoms with van der Waals surface area (Å²) in [5, 5.41) is 0. The lowest BCUT2D eigenvalue weighted by molar-refractivity contribution is 0.000622. The molecule has 4 heteroatoms. The van der Waals surface area contributed by atoms with Crippen LogP contribution in [0.1, 0.15) is 24.8 Å². The first-order valence-electron chi connectivity index (χ1n) is 6.40. The molecule has 1 aliphatic heterocycles. The van der Waals surface area contributed by atoms with Gasteiger partial charge in [0.15, 0.2) is 11.6 Å². The Morgan fingerprint density at radius 3 is 2.94 bits per heavy atom. The van der Waals surface area contributed by atoms with Gasteiger partial charge in [-0.25, -0.2) is 4.39 Å². The molecule has 1 aromatic carbocycles. The van der Waals surface area contributed by atoms with E-state index in [1.54, 1.807) is 6.07 Å². The van der Waals surface area contributed by atoms with Gasteiger partial charge in [0.2, 0.25) is 0 Å². The highest BCUT2D eigenvalue weighted by molar-refractivity contribution is 5.29. The van der Waals surface area contributed by atoms with Crippen molar-refractivity contribution in [1.82, 2.24) is 0 Å². The molecule has 18 heavy (non-hydrogen) atoms. The van der Waals surface area contributed by atoms with Gasteiger partial charge < -0.3 is 15.2 Å². The maximum absolute atomic E-state index is 13.5. The van der Waals surface area contributed by atoms with E-state index in [9.17, 15) is 4.39 Å². The molecule has 1 saturated heterocycles. The van der Waals surface area contributed by atoms with Crippen LogP contribution in [0.2, 0.25) is 0 Å². The third-order valence-corrected chi connectivity index (χ3v) is 3.38. The maximum atomic E-state index is 13.5. The van der Waals surface area contributed by atoms with E-state index in [1.165, 1.54) is 13.2 Å². The van der Waals surface area contributed by atoms with Crippen molar-refractivity contribution in [3.8, 4) is 5.75 Å². The number of halogens is 1. The van der Waals surface area contributed by atoms with Gasteiger partial charge in [-0.15, -0.1) is 0 Å². The molecule has 100 valence electrons. The molecule has 0 spiro atoms. The van der Waals surface area contributed by atoms with Crippen LogP contribution in [0.4, 0.5) is 4.39 Å². The van der Waals surface area contributed by atoms with Gasteiger partial charge in [-0.1, -0.05) is 6.07 Å². The highest BCUT2D eigenvalue weighted by Crippen LogP contribution is 2.21. The first-order chi connectivity index (χ1) is 8.70. The van der Waals surface area contributed by atoms with Crippen LogP contribution in [0.25, 0.3) is 0 Å². The minimum Gasteiger partial charge on any atom is -0.494 e. The van der Waals surface area contributed by atoms with E-state index in [4.69, 9.17) is 15.2 Å². The van der Waals surface area contributed by atoms with Crippen molar-refractivity contribution >= 4 is 0 Å². The fourth-order valence-corrected chi connectivity index (χ4v) is 2.34. The van der Waals surface area contributed by atoms with Gasteiger partial charge in [0.1, 0.15) is 0 Å². The molecule has 0 aromatic heterocycles. The van der Waals surface area contributed by atoms with Crippen molar-refractivity contribution in [2.75, 3.05) is 13.7 Å². The summed E-state index contributed by atoms with van der Waals surface area (Å²) in [4.78, 5) is 0. The molecule has 0 radical (unpaired) electrons. The molecule has 1 aromatic rings. The lowest BCUT2D eigenvalue weighted by atomic mass is 9.97. The SMILES string of the molecule is COc1ccc(CC(N)C2CCCCO2)cc1F. The molecule has 3 nitrogen and oxygen atoms in total. The van der Waals surface area contributed by atoms with Crippen LogP contribution < -0.4 is 10.5 Å². The molecule has 2 atom stereocenters. The summed E-state index contributed by atoms with van der Waals surface area (Å²) in [5.74, 6) is -0.0759. The van der Waals surface area contributed by atoms with Crippen LogP contribution >= 0.6 is 0 Å². The second kappa shape index (κ2) is 6.16. The first kappa shape index (κ1) is 13.3. The quantitative estimate of drug-likeness (QED) is 0.895. The molecule has 0 bridgehead atoms. The molecule has 2 unspecified atom stereocenters. The predicted molar refractivity (Wildman–Crippen MR) is 68.2 cm³/mol. The highest BCUT2D eigenvalue weighted by atomic mass is 19.1. The maximum Gasteiger partial charge on any atom is 0.165 e. The van der Waals surface area contributed by atoms with E-state index < -0.39 is 0 Å². The Kier molecular flexibility index (Phi) is 4.55. The number of hydrogen-bond donors (Lipinski definition) is 1. The summed E-state index contributed by atoms with van der Waals surface area (Å²) < 4.78 is 24.1. The first-order valence-corrected chi connectivity index (χ1v) is 6.40. The third-order valence-electron chi connectivity index (χ3n) is 3.38. The molecule has 1 heterocycles. The van der Waals surface area contributed by atoms with Gasteiger partial charge in [-0.3, -0.25) is 0 Å². The average Bonchev–Trinajstić information content (AvgIpc) is 2.40. The zero-order valence-corrected chi connectivity index (χ0v) is 10.7. The summed E-state index contributed by atoms with van der Waals surface area (Å²) in [5.41, 5.74) is 7.01. The Balaban J connectivity index is 1.97. The van der Waals surface area contributed by atoms with Crippen LogP contribution in [-0.4, -0.2) is 25.9 Å². The normalized spacial score (nSPS) is 21.6. The van der Waals surface area contributed by atoms with Gasteiger partial charge in [0.25, 0.3) is 0 Å². The number of rotatable bonds is 4. The Bertz CT molecular complexity index is 391. The second-order valence-electron chi connectivity index (χ2n) is 4.74. The van der Waals surface area contributed by atoms with E-state index >= 15 is 0 Å². The Labute approximate surface area is 107 Å². The zero-order valence-electron chi connectivity index (χ0n) is 10.7. The monoisotopic (exact) mass is 253 g/mol. The Hall–Kier alpha value is -1.13. The Morgan fingerprint density at radius 1 is 1.50 bits per heavy atom. The second-order valence-corrected chi connectivity index (χ2v) is 4.74. The minimum absolute atomic E-state index is 0.0712. The zero-order chi connectivity index (χ0) is 13.0. The minimum atomic E-state index is -0.341. The fourth-order valence-electron chi connectivity index (χ4n) is 2.34. The van der Waals surface area contributed by atoms with Gasteiger partial charge in [0, 0.05) is 12.6 Å². The van der Waals surface area contributed by atoms with Crippen LogP contribution in [0.5, 0.6) is 5.75 Å². The molecule has 1 aliphatic rings. The van der Waals surface area contributed by atoms with Gasteiger partial charge in [0.05, 0.1) is 13.2 Å². The molecular weight excluding hydrogens is 233 g/mol. The number of ether oxygens (including phenoxy) is 2. The van der Waals surface area contributed by atoms with Gasteiger partial charge >= 0.3 is 0 Å². The van der Waals surface area contributed by atoms with E-state index in [-0.39, 0.29) is 23.7 Å². The van der Waals surface area contributed by atoms with Crippen LogP contribution in [0.15, 0.2) is 18.2 Å². The van der Waals surface area contributed by atoms with E-state index in [2.05, 4.69) is 0 Å². The highest BCUT2D eigenvalue weighted by Gasteiger charge is 2.21. The summed E-state index contributed by atoms with van der Waals surface area (Å²) in [6.07, 6.45) is 4.00. The summed E-state index contributed by atoms with van der Waals surface area (Å²) in [7, 11) is 1.46. The summed E-state index contributed by atoms with van der Waals surface area (Å²) in [6.45, 7) is 0.787. The third kappa shape index (κ3) is 3.21. The van der Waals surface area contributed by atoms with E-state index in [1.807, 2.05) is 6.07 Å².